The van der Waals surface area contributed by atoms with Crippen molar-refractivity contribution >= 4 is 21.5 Å². The van der Waals surface area contributed by atoms with E-state index in [1.54, 1.807) is 12.1 Å². The summed E-state index contributed by atoms with van der Waals surface area (Å²) in [6.07, 6.45) is -1.05. The molecule has 1 unspecified atom stereocenters. The van der Waals surface area contributed by atoms with Crippen LogP contribution >= 0.6 is 0 Å². The normalized spacial score (nSPS) is 12.4. The predicted molar refractivity (Wildman–Crippen MR) is 90.8 cm³/mol. The highest BCUT2D eigenvalue weighted by Gasteiger charge is 2.25. The molecule has 2 rings (SSSR count). The minimum atomic E-state index is -3.71. The van der Waals surface area contributed by atoms with Gasteiger partial charge in [-0.3, -0.25) is 14.9 Å². The quantitative estimate of drug-likeness (QED) is 0.444. The van der Waals surface area contributed by atoms with Crippen molar-refractivity contribution < 1.29 is 22.9 Å². The van der Waals surface area contributed by atoms with E-state index in [0.717, 1.165) is 5.56 Å². The minimum absolute atomic E-state index is 0.122. The van der Waals surface area contributed by atoms with Crippen LogP contribution in [0, 0.1) is 17.0 Å². The Labute approximate surface area is 145 Å². The summed E-state index contributed by atoms with van der Waals surface area (Å²) in [4.78, 5) is 21.6. The second-order valence-corrected chi connectivity index (χ2v) is 7.58. The van der Waals surface area contributed by atoms with Crippen molar-refractivity contribution in [2.45, 2.75) is 24.8 Å². The molecule has 132 valence electrons. The Morgan fingerprint density at radius 3 is 2.16 bits per heavy atom. The van der Waals surface area contributed by atoms with Gasteiger partial charge in [0.15, 0.2) is 9.84 Å². The maximum Gasteiger partial charge on any atom is 0.303 e. The number of carbonyl (C=O) groups is 1. The van der Waals surface area contributed by atoms with E-state index in [9.17, 15) is 23.3 Å². The number of ether oxygens (including phenoxy) is 1. The Morgan fingerprint density at radius 2 is 1.68 bits per heavy atom. The first kappa shape index (κ1) is 18.6. The molecule has 0 spiro atoms. The Kier molecular flexibility index (Phi) is 5.53. The van der Waals surface area contributed by atoms with E-state index in [2.05, 4.69) is 0 Å². The molecule has 2 aromatic carbocycles. The molecule has 7 nitrogen and oxygen atoms in total. The van der Waals surface area contributed by atoms with Crippen LogP contribution in [0.3, 0.4) is 0 Å². The highest BCUT2D eigenvalue weighted by atomic mass is 32.2. The Balaban J connectivity index is 2.32. The van der Waals surface area contributed by atoms with E-state index in [0.29, 0.717) is 5.56 Å². The van der Waals surface area contributed by atoms with Crippen molar-refractivity contribution in [3.8, 4) is 0 Å². The lowest BCUT2D eigenvalue weighted by Gasteiger charge is -2.17. The van der Waals surface area contributed by atoms with Crippen molar-refractivity contribution in [1.29, 1.82) is 0 Å². The number of aryl methyl sites for hydroxylation is 1. The topological polar surface area (TPSA) is 104 Å². The van der Waals surface area contributed by atoms with Gasteiger partial charge in [-0.05, 0) is 36.8 Å². The highest BCUT2D eigenvalue weighted by molar-refractivity contribution is 7.91. The third kappa shape index (κ3) is 4.87. The van der Waals surface area contributed by atoms with Crippen molar-refractivity contribution in [2.24, 2.45) is 0 Å². The second kappa shape index (κ2) is 7.43. The van der Waals surface area contributed by atoms with Crippen LogP contribution < -0.4 is 0 Å². The lowest BCUT2D eigenvalue weighted by molar-refractivity contribution is -0.384. The minimum Gasteiger partial charge on any atom is -0.457 e. The van der Waals surface area contributed by atoms with Gasteiger partial charge in [-0.1, -0.05) is 17.7 Å². The third-order valence-electron chi connectivity index (χ3n) is 3.53. The number of nitrogens with zero attached hydrogens (tertiary/aromatic N) is 1. The van der Waals surface area contributed by atoms with Crippen LogP contribution in [0.4, 0.5) is 5.69 Å². The van der Waals surface area contributed by atoms with Crippen LogP contribution in [-0.2, 0) is 19.4 Å². The van der Waals surface area contributed by atoms with Crippen molar-refractivity contribution in [3.63, 3.8) is 0 Å². The van der Waals surface area contributed by atoms with Crippen LogP contribution in [0.2, 0.25) is 0 Å². The summed E-state index contributed by atoms with van der Waals surface area (Å²) in [5.41, 5.74) is 1.16. The van der Waals surface area contributed by atoms with Gasteiger partial charge in [0, 0.05) is 19.1 Å². The van der Waals surface area contributed by atoms with Crippen molar-refractivity contribution in [3.05, 3.63) is 69.8 Å². The molecule has 0 bridgehead atoms. The summed E-state index contributed by atoms with van der Waals surface area (Å²) in [5.74, 6) is -1.09. The highest BCUT2D eigenvalue weighted by Crippen LogP contribution is 2.25. The van der Waals surface area contributed by atoms with Crippen LogP contribution in [0.15, 0.2) is 53.4 Å². The maximum atomic E-state index is 12.6. The fourth-order valence-corrected chi connectivity index (χ4v) is 3.65. The number of rotatable bonds is 6. The number of esters is 1. The number of non-ortho nitro benzene ring substituents is 1. The lowest BCUT2D eigenvalue weighted by Crippen LogP contribution is -2.19. The molecule has 25 heavy (non-hydrogen) atoms. The smallest absolute Gasteiger partial charge is 0.303 e. The van der Waals surface area contributed by atoms with Crippen LogP contribution in [0.1, 0.15) is 24.2 Å². The van der Waals surface area contributed by atoms with Gasteiger partial charge in [0.1, 0.15) is 6.10 Å². The molecule has 0 fully saturated rings. The molecular weight excluding hydrogens is 346 g/mol. The number of nitro benzene ring substituents is 1. The average molecular weight is 363 g/mol. The van der Waals surface area contributed by atoms with Crippen LogP contribution in [0.5, 0.6) is 0 Å². The Hall–Kier alpha value is -2.74. The molecule has 0 aliphatic rings. The standard InChI is InChI=1S/C17H17NO6S/c1-12-3-9-16(10-4-12)25(22,23)11-17(24-13(2)19)14-5-7-15(8-6-14)18(20)21/h3-10,17H,11H2,1-2H3. The second-order valence-electron chi connectivity index (χ2n) is 5.54. The van der Waals surface area contributed by atoms with Gasteiger partial charge in [-0.15, -0.1) is 0 Å². The van der Waals surface area contributed by atoms with E-state index in [1.165, 1.54) is 43.3 Å². The molecule has 0 saturated heterocycles. The zero-order valence-electron chi connectivity index (χ0n) is 13.7. The molecule has 2 aromatic rings. The molecular formula is C17H17NO6S. The van der Waals surface area contributed by atoms with Crippen molar-refractivity contribution in [1.82, 2.24) is 0 Å². The van der Waals surface area contributed by atoms with E-state index < -0.39 is 32.6 Å². The van der Waals surface area contributed by atoms with Gasteiger partial charge in [-0.2, -0.15) is 0 Å². The third-order valence-corrected chi connectivity index (χ3v) is 5.27. The summed E-state index contributed by atoms with van der Waals surface area (Å²) in [6, 6.07) is 11.6. The fraction of sp³-hybridized carbons (Fsp3) is 0.235. The lowest BCUT2D eigenvalue weighted by atomic mass is 10.1. The van der Waals surface area contributed by atoms with Gasteiger partial charge in [-0.25, -0.2) is 8.42 Å². The van der Waals surface area contributed by atoms with Crippen LogP contribution in [0.25, 0.3) is 0 Å². The molecule has 0 radical (unpaired) electrons. The number of nitro groups is 1. The van der Waals surface area contributed by atoms with Gasteiger partial charge in [0.2, 0.25) is 0 Å². The van der Waals surface area contributed by atoms with Gasteiger partial charge < -0.3 is 4.74 Å². The van der Waals surface area contributed by atoms with E-state index in [1.807, 2.05) is 6.92 Å². The van der Waals surface area contributed by atoms with Crippen molar-refractivity contribution in [2.75, 3.05) is 5.75 Å². The molecule has 0 aromatic heterocycles. The number of hydrogen-bond acceptors (Lipinski definition) is 6. The summed E-state index contributed by atoms with van der Waals surface area (Å²) in [5, 5.41) is 10.7. The molecule has 0 aliphatic carbocycles. The number of benzene rings is 2. The SMILES string of the molecule is CC(=O)OC(CS(=O)(=O)c1ccc(C)cc1)c1ccc([N+](=O)[O-])cc1. The average Bonchev–Trinajstić information content (AvgIpc) is 2.54. The number of carbonyl (C=O) groups excluding carboxylic acids is 1. The summed E-state index contributed by atoms with van der Waals surface area (Å²) in [7, 11) is -3.71. The maximum absolute atomic E-state index is 12.6. The van der Waals surface area contributed by atoms with Crippen LogP contribution in [-0.4, -0.2) is 25.1 Å². The molecule has 0 heterocycles. The molecule has 0 aliphatic heterocycles. The van der Waals surface area contributed by atoms with Gasteiger partial charge >= 0.3 is 5.97 Å². The van der Waals surface area contributed by atoms with E-state index in [4.69, 9.17) is 4.74 Å². The number of hydrogen-bond donors (Lipinski definition) is 0. The largest absolute Gasteiger partial charge is 0.457 e. The van der Waals surface area contributed by atoms with E-state index in [-0.39, 0.29) is 10.6 Å². The predicted octanol–water partition coefficient (Wildman–Crippen LogP) is 2.98. The van der Waals surface area contributed by atoms with E-state index >= 15 is 0 Å². The first-order valence-electron chi connectivity index (χ1n) is 7.40. The summed E-state index contributed by atoms with van der Waals surface area (Å²) >= 11 is 0. The first-order chi connectivity index (χ1) is 11.7. The molecule has 1 atom stereocenters. The zero-order valence-corrected chi connectivity index (χ0v) is 14.5. The summed E-state index contributed by atoms with van der Waals surface area (Å²) in [6.45, 7) is 3.02. The fourth-order valence-electron chi connectivity index (χ4n) is 2.25. The molecule has 0 amide bonds. The zero-order chi connectivity index (χ0) is 18.6. The molecule has 8 heteroatoms. The van der Waals surface area contributed by atoms with Gasteiger partial charge in [0.25, 0.3) is 5.69 Å². The Morgan fingerprint density at radius 1 is 1.12 bits per heavy atom. The monoisotopic (exact) mass is 363 g/mol. The molecule has 0 N–H and O–H groups in total. The first-order valence-corrected chi connectivity index (χ1v) is 9.05. The van der Waals surface area contributed by atoms with Gasteiger partial charge in [0.05, 0.1) is 15.6 Å². The number of sulfone groups is 1. The summed E-state index contributed by atoms with van der Waals surface area (Å²) < 4.78 is 30.3. The Bertz CT molecular complexity index is 872. The molecule has 0 saturated carbocycles.